The van der Waals surface area contributed by atoms with E-state index >= 15 is 0 Å². The average molecular weight is 364 g/mol. The van der Waals surface area contributed by atoms with Crippen LogP contribution < -0.4 is 5.32 Å². The molecule has 3 aromatic rings. The maximum atomic E-state index is 10.9. The number of carboxylic acids is 1. The lowest BCUT2D eigenvalue weighted by atomic mass is 10.2. The quantitative estimate of drug-likeness (QED) is 0.728. The number of hydrogen-bond donors (Lipinski definition) is 2. The second kappa shape index (κ2) is 5.42. The zero-order valence-corrected chi connectivity index (χ0v) is 13.3. The van der Waals surface area contributed by atoms with Crippen LogP contribution in [0.5, 0.6) is 0 Å². The third kappa shape index (κ3) is 2.62. The summed E-state index contributed by atoms with van der Waals surface area (Å²) in [4.78, 5) is 19.5. The first kappa shape index (κ1) is 14.0. The summed E-state index contributed by atoms with van der Waals surface area (Å²) in [6, 6.07) is 4.82. The fourth-order valence-electron chi connectivity index (χ4n) is 1.94. The van der Waals surface area contributed by atoms with Crippen molar-refractivity contribution in [1.82, 2.24) is 9.97 Å². The van der Waals surface area contributed by atoms with E-state index in [0.717, 1.165) is 21.5 Å². The van der Waals surface area contributed by atoms with Gasteiger partial charge in [-0.1, -0.05) is 0 Å². The van der Waals surface area contributed by atoms with Crippen LogP contribution in [0.25, 0.3) is 10.2 Å². The Morgan fingerprint density at radius 3 is 2.90 bits per heavy atom. The van der Waals surface area contributed by atoms with Crippen LogP contribution in [0.1, 0.15) is 15.9 Å². The number of hydrogen-bond acceptors (Lipinski definition) is 5. The number of carboxylic acid groups (broad SMARTS) is 1. The highest BCUT2D eigenvalue weighted by Gasteiger charge is 2.11. The summed E-state index contributed by atoms with van der Waals surface area (Å²) < 4.78 is 1.65. The summed E-state index contributed by atoms with van der Waals surface area (Å²) in [6.45, 7) is 2.01. The van der Waals surface area contributed by atoms with Gasteiger partial charge in [0, 0.05) is 4.47 Å². The lowest BCUT2D eigenvalue weighted by Crippen LogP contribution is -1.99. The van der Waals surface area contributed by atoms with Gasteiger partial charge in [0.25, 0.3) is 0 Å². The molecule has 0 saturated heterocycles. The van der Waals surface area contributed by atoms with Gasteiger partial charge in [0.2, 0.25) is 0 Å². The van der Waals surface area contributed by atoms with Gasteiger partial charge in [-0.25, -0.2) is 14.8 Å². The van der Waals surface area contributed by atoms with Crippen LogP contribution in [0.4, 0.5) is 11.5 Å². The van der Waals surface area contributed by atoms with Gasteiger partial charge in [-0.3, -0.25) is 0 Å². The van der Waals surface area contributed by atoms with Crippen LogP contribution >= 0.6 is 27.3 Å². The number of carbonyl (C=O) groups is 1. The highest BCUT2D eigenvalue weighted by molar-refractivity contribution is 9.10. The van der Waals surface area contributed by atoms with Crippen molar-refractivity contribution in [2.45, 2.75) is 6.92 Å². The zero-order chi connectivity index (χ0) is 15.0. The van der Waals surface area contributed by atoms with Gasteiger partial charge in [0.1, 0.15) is 6.33 Å². The molecule has 2 aromatic heterocycles. The standard InChI is InChI=1S/C14H10BrN3O2S/c1-7-5-21-12-11(7)16-6-17-13(12)18-10-3-2-8(14(19)20)4-9(10)15/h2-6H,1H3,(H,19,20)(H,16,17,18). The van der Waals surface area contributed by atoms with Gasteiger partial charge >= 0.3 is 5.97 Å². The maximum absolute atomic E-state index is 10.9. The van der Waals surface area contributed by atoms with E-state index in [1.54, 1.807) is 29.5 Å². The number of thiophene rings is 1. The molecule has 0 unspecified atom stereocenters. The van der Waals surface area contributed by atoms with Gasteiger partial charge in [-0.15, -0.1) is 11.3 Å². The van der Waals surface area contributed by atoms with Crippen LogP contribution in [0.3, 0.4) is 0 Å². The van der Waals surface area contributed by atoms with E-state index < -0.39 is 5.97 Å². The zero-order valence-electron chi connectivity index (χ0n) is 10.9. The molecular formula is C14H10BrN3O2S. The number of aromatic carboxylic acids is 1. The molecule has 21 heavy (non-hydrogen) atoms. The molecular weight excluding hydrogens is 354 g/mol. The van der Waals surface area contributed by atoms with E-state index in [9.17, 15) is 4.79 Å². The van der Waals surface area contributed by atoms with Gasteiger partial charge in [0.15, 0.2) is 5.82 Å². The molecule has 5 nitrogen and oxygen atoms in total. The summed E-state index contributed by atoms with van der Waals surface area (Å²) in [7, 11) is 0. The van der Waals surface area contributed by atoms with Crippen LogP contribution in [0.15, 0.2) is 34.4 Å². The number of aromatic nitrogens is 2. The van der Waals surface area contributed by atoms with E-state index in [0.29, 0.717) is 10.3 Å². The molecule has 2 N–H and O–H groups in total. The Hall–Kier alpha value is -1.99. The monoisotopic (exact) mass is 363 g/mol. The highest BCUT2D eigenvalue weighted by atomic mass is 79.9. The first-order chi connectivity index (χ1) is 10.1. The van der Waals surface area contributed by atoms with Crippen molar-refractivity contribution >= 4 is 55.0 Å². The third-order valence-electron chi connectivity index (χ3n) is 3.00. The van der Waals surface area contributed by atoms with Crippen LogP contribution in [-0.2, 0) is 0 Å². The van der Waals surface area contributed by atoms with Crippen LogP contribution in [0, 0.1) is 6.92 Å². The Kier molecular flexibility index (Phi) is 3.60. The SMILES string of the molecule is Cc1csc2c(Nc3ccc(C(=O)O)cc3Br)ncnc12. The lowest BCUT2D eigenvalue weighted by molar-refractivity contribution is 0.0697. The first-order valence-electron chi connectivity index (χ1n) is 6.05. The molecule has 106 valence electrons. The minimum absolute atomic E-state index is 0.229. The molecule has 0 aliphatic carbocycles. The Morgan fingerprint density at radius 2 is 2.19 bits per heavy atom. The number of aryl methyl sites for hydroxylation is 1. The summed E-state index contributed by atoms with van der Waals surface area (Å²) in [5.41, 5.74) is 3.02. The molecule has 0 saturated carbocycles. The van der Waals surface area contributed by atoms with Gasteiger partial charge < -0.3 is 10.4 Å². The first-order valence-corrected chi connectivity index (χ1v) is 7.72. The number of benzene rings is 1. The van der Waals surface area contributed by atoms with Crippen molar-refractivity contribution in [1.29, 1.82) is 0 Å². The van der Waals surface area contributed by atoms with Crippen molar-refractivity contribution < 1.29 is 9.90 Å². The van der Waals surface area contributed by atoms with Gasteiger partial charge in [-0.2, -0.15) is 0 Å². The average Bonchev–Trinajstić information content (AvgIpc) is 2.84. The van der Waals surface area contributed by atoms with E-state index in [4.69, 9.17) is 5.11 Å². The number of anilines is 2. The number of nitrogens with zero attached hydrogens (tertiary/aromatic N) is 2. The predicted molar refractivity (Wildman–Crippen MR) is 86.5 cm³/mol. The second-order valence-corrected chi connectivity index (χ2v) is 6.18. The molecule has 0 radical (unpaired) electrons. The second-order valence-electron chi connectivity index (χ2n) is 4.44. The van der Waals surface area contributed by atoms with Gasteiger partial charge in [0.05, 0.1) is 21.5 Å². The summed E-state index contributed by atoms with van der Waals surface area (Å²) >= 11 is 4.95. The number of halogens is 1. The fraction of sp³-hybridized carbons (Fsp3) is 0.0714. The summed E-state index contributed by atoms with van der Waals surface area (Å²) in [5.74, 6) is -0.248. The summed E-state index contributed by atoms with van der Waals surface area (Å²) in [6.07, 6.45) is 1.52. The van der Waals surface area contributed by atoms with Crippen LogP contribution in [0.2, 0.25) is 0 Å². The smallest absolute Gasteiger partial charge is 0.335 e. The Balaban J connectivity index is 2.01. The van der Waals surface area contributed by atoms with Crippen molar-refractivity contribution in [3.63, 3.8) is 0 Å². The van der Waals surface area contributed by atoms with Crippen LogP contribution in [-0.4, -0.2) is 21.0 Å². The maximum Gasteiger partial charge on any atom is 0.335 e. The van der Waals surface area contributed by atoms with E-state index in [2.05, 4.69) is 31.2 Å². The fourth-order valence-corrected chi connectivity index (χ4v) is 3.36. The van der Waals surface area contributed by atoms with E-state index in [1.165, 1.54) is 6.33 Å². The summed E-state index contributed by atoms with van der Waals surface area (Å²) in [5, 5.41) is 14.2. The molecule has 0 spiro atoms. The number of rotatable bonds is 3. The lowest BCUT2D eigenvalue weighted by Gasteiger charge is -2.09. The van der Waals surface area contributed by atoms with E-state index in [-0.39, 0.29) is 5.56 Å². The van der Waals surface area contributed by atoms with Gasteiger partial charge in [-0.05, 0) is 52.0 Å². The predicted octanol–water partition coefficient (Wildman–Crippen LogP) is 4.20. The minimum Gasteiger partial charge on any atom is -0.478 e. The van der Waals surface area contributed by atoms with E-state index in [1.807, 2.05) is 12.3 Å². The Bertz CT molecular complexity index is 847. The normalized spacial score (nSPS) is 10.8. The molecule has 0 aliphatic heterocycles. The molecule has 0 aliphatic rings. The van der Waals surface area contributed by atoms with Crippen molar-refractivity contribution in [3.05, 3.63) is 45.5 Å². The number of nitrogens with one attached hydrogen (secondary N) is 1. The number of fused-ring (bicyclic) bond motifs is 1. The molecule has 1 aromatic carbocycles. The van der Waals surface area contributed by atoms with Crippen molar-refractivity contribution in [2.75, 3.05) is 5.32 Å². The molecule has 2 heterocycles. The topological polar surface area (TPSA) is 75.1 Å². The third-order valence-corrected chi connectivity index (χ3v) is 4.75. The van der Waals surface area contributed by atoms with Crippen molar-refractivity contribution in [2.24, 2.45) is 0 Å². The molecule has 0 atom stereocenters. The Labute approximate surface area is 132 Å². The largest absolute Gasteiger partial charge is 0.478 e. The molecule has 3 rings (SSSR count). The van der Waals surface area contributed by atoms with Crippen molar-refractivity contribution in [3.8, 4) is 0 Å². The molecule has 0 amide bonds. The molecule has 7 heteroatoms. The highest BCUT2D eigenvalue weighted by Crippen LogP contribution is 2.32. The molecule has 0 fully saturated rings. The molecule has 0 bridgehead atoms. The Morgan fingerprint density at radius 1 is 1.38 bits per heavy atom. The minimum atomic E-state index is -0.958.